The van der Waals surface area contributed by atoms with Gasteiger partial charge < -0.3 is 5.73 Å². The van der Waals surface area contributed by atoms with Crippen LogP contribution in [-0.2, 0) is 4.79 Å². The summed E-state index contributed by atoms with van der Waals surface area (Å²) in [5, 5.41) is 0.00458. The summed E-state index contributed by atoms with van der Waals surface area (Å²) in [6.45, 7) is 0. The molecule has 2 aliphatic rings. The number of allylic oxidation sites excluding steroid dienone is 3. The summed E-state index contributed by atoms with van der Waals surface area (Å²) in [5.41, 5.74) is 6.58. The Morgan fingerprint density at radius 2 is 2.55 bits per heavy atom. The molecule has 0 radical (unpaired) electrons. The Bertz CT molecular complexity index is 267. The highest BCUT2D eigenvalue weighted by atomic mass is 32.2. The first kappa shape index (κ1) is 6.98. The molecule has 11 heavy (non-hydrogen) atoms. The van der Waals surface area contributed by atoms with Crippen molar-refractivity contribution < 1.29 is 4.79 Å². The van der Waals surface area contributed by atoms with E-state index in [1.165, 1.54) is 10.5 Å². The summed E-state index contributed by atoms with van der Waals surface area (Å²) in [6, 6.07) is 0. The maximum Gasteiger partial charge on any atom is 0.231 e. The van der Waals surface area contributed by atoms with Gasteiger partial charge in [-0.3, -0.25) is 4.79 Å². The molecule has 0 fully saturated rings. The van der Waals surface area contributed by atoms with E-state index in [0.29, 0.717) is 0 Å². The van der Waals surface area contributed by atoms with E-state index >= 15 is 0 Å². The van der Waals surface area contributed by atoms with Gasteiger partial charge in [-0.2, -0.15) is 0 Å². The quantitative estimate of drug-likeness (QED) is 0.637. The van der Waals surface area contributed by atoms with Crippen molar-refractivity contribution in [3.63, 3.8) is 0 Å². The van der Waals surface area contributed by atoms with E-state index in [0.717, 1.165) is 12.8 Å². The van der Waals surface area contributed by atoms with Crippen LogP contribution in [-0.4, -0.2) is 11.2 Å². The molecular formula is C8H9NOS. The summed E-state index contributed by atoms with van der Waals surface area (Å²) in [6.07, 6.45) is 6.10. The second-order valence-electron chi connectivity index (χ2n) is 2.79. The summed E-state index contributed by atoms with van der Waals surface area (Å²) >= 11 is 1.61. The summed E-state index contributed by atoms with van der Waals surface area (Å²) in [5.74, 6) is -0.183. The SMILES string of the molecule is NC(=O)C1CC2=C(C=CC2)S1. The second-order valence-corrected chi connectivity index (χ2v) is 4.03. The van der Waals surface area contributed by atoms with E-state index in [1.54, 1.807) is 11.8 Å². The predicted octanol–water partition coefficient (Wildman–Crippen LogP) is 1.19. The highest BCUT2D eigenvalue weighted by Gasteiger charge is 2.28. The number of primary amides is 1. The molecular weight excluding hydrogens is 158 g/mol. The van der Waals surface area contributed by atoms with Crippen LogP contribution in [0.3, 0.4) is 0 Å². The molecule has 1 atom stereocenters. The van der Waals surface area contributed by atoms with Gasteiger partial charge in [0.1, 0.15) is 0 Å². The van der Waals surface area contributed by atoms with E-state index in [-0.39, 0.29) is 11.2 Å². The largest absolute Gasteiger partial charge is 0.369 e. The van der Waals surface area contributed by atoms with Crippen LogP contribution < -0.4 is 5.73 Å². The molecule has 0 saturated heterocycles. The summed E-state index contributed by atoms with van der Waals surface area (Å²) < 4.78 is 0. The van der Waals surface area contributed by atoms with Gasteiger partial charge >= 0.3 is 0 Å². The number of thioether (sulfide) groups is 1. The lowest BCUT2D eigenvalue weighted by atomic mass is 10.1. The number of nitrogens with two attached hydrogens (primary N) is 1. The van der Waals surface area contributed by atoms with Gasteiger partial charge in [-0.05, 0) is 12.8 Å². The average molecular weight is 167 g/mol. The molecule has 0 aromatic heterocycles. The van der Waals surface area contributed by atoms with Crippen LogP contribution in [0.2, 0.25) is 0 Å². The molecule has 2 rings (SSSR count). The molecule has 1 aliphatic carbocycles. The van der Waals surface area contributed by atoms with E-state index in [4.69, 9.17) is 5.73 Å². The number of hydrogen-bond acceptors (Lipinski definition) is 2. The zero-order valence-corrected chi connectivity index (χ0v) is 6.86. The van der Waals surface area contributed by atoms with Crippen molar-refractivity contribution in [3.8, 4) is 0 Å². The predicted molar refractivity (Wildman–Crippen MR) is 46.0 cm³/mol. The van der Waals surface area contributed by atoms with Gasteiger partial charge in [0, 0.05) is 4.91 Å². The zero-order valence-electron chi connectivity index (χ0n) is 6.04. The Labute approximate surface area is 69.5 Å². The molecule has 3 heteroatoms. The molecule has 2 nitrogen and oxygen atoms in total. The van der Waals surface area contributed by atoms with E-state index in [2.05, 4.69) is 12.2 Å². The van der Waals surface area contributed by atoms with Crippen LogP contribution in [0, 0.1) is 0 Å². The fraction of sp³-hybridized carbons (Fsp3) is 0.375. The minimum atomic E-state index is -0.183. The highest BCUT2D eigenvalue weighted by Crippen LogP contribution is 2.42. The first-order valence-electron chi connectivity index (χ1n) is 3.62. The Morgan fingerprint density at radius 3 is 3.18 bits per heavy atom. The van der Waals surface area contributed by atoms with Gasteiger partial charge in [0.25, 0.3) is 0 Å². The van der Waals surface area contributed by atoms with Crippen molar-refractivity contribution in [1.82, 2.24) is 0 Å². The van der Waals surface area contributed by atoms with Crippen molar-refractivity contribution >= 4 is 17.7 Å². The van der Waals surface area contributed by atoms with Crippen LogP contribution in [0.15, 0.2) is 22.6 Å². The number of carbonyl (C=O) groups excluding carboxylic acids is 1. The van der Waals surface area contributed by atoms with Gasteiger partial charge in [-0.1, -0.05) is 17.7 Å². The summed E-state index contributed by atoms with van der Waals surface area (Å²) in [4.78, 5) is 12.1. The third-order valence-corrected chi connectivity index (χ3v) is 3.36. The Balaban J connectivity index is 2.11. The van der Waals surface area contributed by atoms with Crippen molar-refractivity contribution in [2.75, 3.05) is 0 Å². The first-order valence-corrected chi connectivity index (χ1v) is 4.50. The molecule has 1 unspecified atom stereocenters. The number of hydrogen-bond donors (Lipinski definition) is 1. The van der Waals surface area contributed by atoms with Crippen LogP contribution in [0.5, 0.6) is 0 Å². The molecule has 1 heterocycles. The van der Waals surface area contributed by atoms with Crippen LogP contribution in [0.1, 0.15) is 12.8 Å². The minimum Gasteiger partial charge on any atom is -0.369 e. The van der Waals surface area contributed by atoms with Crippen molar-refractivity contribution in [2.24, 2.45) is 5.73 Å². The van der Waals surface area contributed by atoms with Gasteiger partial charge in [-0.25, -0.2) is 0 Å². The number of rotatable bonds is 1. The lowest BCUT2D eigenvalue weighted by molar-refractivity contribution is -0.117. The van der Waals surface area contributed by atoms with Gasteiger partial charge in [-0.15, -0.1) is 11.8 Å². The van der Waals surface area contributed by atoms with Crippen molar-refractivity contribution in [2.45, 2.75) is 18.1 Å². The van der Waals surface area contributed by atoms with Crippen molar-refractivity contribution in [3.05, 3.63) is 22.6 Å². The number of amides is 1. The third-order valence-electron chi connectivity index (χ3n) is 2.00. The standard InChI is InChI=1S/C8H9NOS/c9-8(10)7-4-5-2-1-3-6(5)11-7/h1,3,7H,2,4H2,(H2,9,10). The fourth-order valence-corrected chi connectivity index (χ4v) is 2.63. The monoisotopic (exact) mass is 167 g/mol. The lowest BCUT2D eigenvalue weighted by Crippen LogP contribution is -2.23. The molecule has 0 aromatic carbocycles. The second kappa shape index (κ2) is 2.41. The van der Waals surface area contributed by atoms with Crippen molar-refractivity contribution in [1.29, 1.82) is 0 Å². The molecule has 1 amide bonds. The Morgan fingerprint density at radius 1 is 1.73 bits per heavy atom. The van der Waals surface area contributed by atoms with Crippen LogP contribution >= 0.6 is 11.8 Å². The molecule has 0 spiro atoms. The Kier molecular flexibility index (Phi) is 1.53. The maximum absolute atomic E-state index is 10.8. The lowest BCUT2D eigenvalue weighted by Gasteiger charge is -2.03. The van der Waals surface area contributed by atoms with E-state index in [9.17, 15) is 4.79 Å². The zero-order chi connectivity index (χ0) is 7.84. The van der Waals surface area contributed by atoms with Crippen LogP contribution in [0.25, 0.3) is 0 Å². The molecule has 0 bridgehead atoms. The molecule has 1 aliphatic heterocycles. The van der Waals surface area contributed by atoms with E-state index < -0.39 is 0 Å². The first-order chi connectivity index (χ1) is 5.27. The fourth-order valence-electron chi connectivity index (χ4n) is 1.41. The molecule has 0 aromatic rings. The average Bonchev–Trinajstić information content (AvgIpc) is 2.40. The highest BCUT2D eigenvalue weighted by molar-refractivity contribution is 8.04. The molecule has 58 valence electrons. The number of carbonyl (C=O) groups is 1. The van der Waals surface area contributed by atoms with E-state index in [1.807, 2.05) is 0 Å². The van der Waals surface area contributed by atoms with Gasteiger partial charge in [0.05, 0.1) is 5.25 Å². The molecule has 0 saturated carbocycles. The summed E-state index contributed by atoms with van der Waals surface area (Å²) in [7, 11) is 0. The normalized spacial score (nSPS) is 27.8. The Hall–Kier alpha value is -0.700. The minimum absolute atomic E-state index is 0.00458. The molecule has 2 N–H and O–H groups in total. The van der Waals surface area contributed by atoms with Gasteiger partial charge in [0.15, 0.2) is 0 Å². The maximum atomic E-state index is 10.8. The third kappa shape index (κ3) is 1.09. The smallest absolute Gasteiger partial charge is 0.231 e. The van der Waals surface area contributed by atoms with Gasteiger partial charge in [0.2, 0.25) is 5.91 Å². The van der Waals surface area contributed by atoms with Crippen LogP contribution in [0.4, 0.5) is 0 Å². The topological polar surface area (TPSA) is 43.1 Å².